The smallest absolute Gasteiger partial charge is 0.408 e. The molecule has 0 aromatic heterocycles. The zero-order valence-electron chi connectivity index (χ0n) is 26.1. The molecule has 8 nitrogen and oxygen atoms in total. The van der Waals surface area contributed by atoms with Gasteiger partial charge in [0.15, 0.2) is 14.4 Å². The van der Waals surface area contributed by atoms with Gasteiger partial charge in [-0.25, -0.2) is 4.79 Å². The maximum atomic E-state index is 13.1. The van der Waals surface area contributed by atoms with Crippen molar-refractivity contribution in [1.29, 1.82) is 0 Å². The third-order valence-electron chi connectivity index (χ3n) is 5.50. The molecule has 0 bridgehead atoms. The van der Waals surface area contributed by atoms with Crippen LogP contribution in [0.2, 0.25) is 10.0 Å². The molecule has 1 amide bonds. The minimum absolute atomic E-state index is 0.223. The summed E-state index contributed by atoms with van der Waals surface area (Å²) in [5.74, 6) is -1.49. The highest BCUT2D eigenvalue weighted by Gasteiger charge is 2.57. The molecule has 0 aliphatic heterocycles. The molecule has 1 aromatic carbocycles. The second kappa shape index (κ2) is 14.9. The van der Waals surface area contributed by atoms with E-state index in [0.717, 1.165) is 24.8 Å². The van der Waals surface area contributed by atoms with Crippen LogP contribution < -0.4 is 10.1 Å². The topological polar surface area (TPSA) is 92.3 Å². The van der Waals surface area contributed by atoms with Crippen LogP contribution in [0, 0.1) is 0 Å². The van der Waals surface area contributed by atoms with Crippen molar-refractivity contribution in [1.82, 2.24) is 5.32 Å². The Kier molecular flexibility index (Phi) is 13.8. The maximum absolute atomic E-state index is 13.1. The molecule has 0 aliphatic carbocycles. The second-order valence-electron chi connectivity index (χ2n) is 13.1. The lowest BCUT2D eigenvalue weighted by Gasteiger charge is -2.50. The van der Waals surface area contributed by atoms with Gasteiger partial charge in [-0.05, 0) is 106 Å². The number of rotatable bonds is 14. The normalized spacial score (nSPS) is 14.8. The van der Waals surface area contributed by atoms with Crippen LogP contribution in [-0.4, -0.2) is 41.0 Å². The molecule has 0 heterocycles. The Hall–Kier alpha value is -1.02. The van der Waals surface area contributed by atoms with Gasteiger partial charge in [0.1, 0.15) is 11.1 Å². The van der Waals surface area contributed by atoms with E-state index >= 15 is 0 Å². The molecule has 1 unspecified atom stereocenters. The molecular formula is C29H50Cl2NO7P. The molecule has 0 radical (unpaired) electrons. The van der Waals surface area contributed by atoms with E-state index in [0.29, 0.717) is 28.8 Å². The zero-order chi connectivity index (χ0) is 31.0. The van der Waals surface area contributed by atoms with E-state index in [1.165, 1.54) is 0 Å². The van der Waals surface area contributed by atoms with E-state index in [4.69, 9.17) is 46.7 Å². The number of unbranched alkanes of at least 4 members (excludes halogenated alkanes) is 2. The summed E-state index contributed by atoms with van der Waals surface area (Å²) >= 11 is 13.1. The second-order valence-corrected chi connectivity index (χ2v) is 14.3. The number of halogens is 2. The largest absolute Gasteiger partial charge is 0.490 e. The average Bonchev–Trinajstić information content (AvgIpc) is 2.73. The van der Waals surface area contributed by atoms with Crippen LogP contribution in [0.1, 0.15) is 107 Å². The van der Waals surface area contributed by atoms with Gasteiger partial charge in [0.05, 0.1) is 27.9 Å². The fraction of sp³-hybridized carbons (Fsp3) is 0.759. The Morgan fingerprint density at radius 2 is 1.40 bits per heavy atom. The minimum atomic E-state index is -1.94. The summed E-state index contributed by atoms with van der Waals surface area (Å²) < 4.78 is 42.2. The summed E-state index contributed by atoms with van der Waals surface area (Å²) in [5.41, 5.74) is -2.97. The van der Waals surface area contributed by atoms with Gasteiger partial charge in [-0.15, -0.1) is 0 Å². The van der Waals surface area contributed by atoms with Crippen molar-refractivity contribution in [3.05, 3.63) is 27.7 Å². The van der Waals surface area contributed by atoms with Crippen LogP contribution in [0.3, 0.4) is 0 Å². The number of carbonyl (C=O) groups excluding carboxylic acids is 1. The van der Waals surface area contributed by atoms with Crippen LogP contribution in [-0.2, 0) is 29.7 Å². The van der Waals surface area contributed by atoms with Gasteiger partial charge in [0.25, 0.3) is 0 Å². The van der Waals surface area contributed by atoms with Crippen LogP contribution in [0.5, 0.6) is 5.75 Å². The summed E-state index contributed by atoms with van der Waals surface area (Å²) in [4.78, 5) is 13.1. The first-order chi connectivity index (χ1) is 18.2. The first-order valence-corrected chi connectivity index (χ1v) is 15.5. The Labute approximate surface area is 252 Å². The van der Waals surface area contributed by atoms with Crippen LogP contribution in [0.25, 0.3) is 0 Å². The summed E-state index contributed by atoms with van der Waals surface area (Å²) in [6.07, 6.45) is 2.94. The van der Waals surface area contributed by atoms with Gasteiger partial charge in [0, 0.05) is 0 Å². The number of alkyl carbamates (subject to hydrolysis) is 1. The first-order valence-electron chi connectivity index (χ1n) is 13.8. The Morgan fingerprint density at radius 3 is 1.82 bits per heavy atom. The van der Waals surface area contributed by atoms with Gasteiger partial charge in [-0.2, -0.15) is 0 Å². The van der Waals surface area contributed by atoms with Crippen LogP contribution in [0.4, 0.5) is 4.79 Å². The Bertz CT molecular complexity index is 947. The molecule has 0 saturated carbocycles. The van der Waals surface area contributed by atoms with E-state index in [1.807, 2.05) is 41.5 Å². The van der Waals surface area contributed by atoms with Gasteiger partial charge >= 0.3 is 12.1 Å². The van der Waals surface area contributed by atoms with Gasteiger partial charge in [-0.1, -0.05) is 43.0 Å². The van der Waals surface area contributed by atoms with Gasteiger partial charge < -0.3 is 24.3 Å². The molecule has 232 valence electrons. The average molecular weight is 627 g/mol. The molecule has 40 heavy (non-hydrogen) atoms. The summed E-state index contributed by atoms with van der Waals surface area (Å²) in [7, 11) is -1.79. The van der Waals surface area contributed by atoms with Crippen molar-refractivity contribution < 1.29 is 32.8 Å². The predicted octanol–water partition coefficient (Wildman–Crippen LogP) is 8.75. The zero-order valence-corrected chi connectivity index (χ0v) is 28.8. The van der Waals surface area contributed by atoms with Crippen LogP contribution >= 0.6 is 31.9 Å². The van der Waals surface area contributed by atoms with Crippen molar-refractivity contribution in [2.45, 2.75) is 137 Å². The van der Waals surface area contributed by atoms with Crippen molar-refractivity contribution in [3.63, 3.8) is 0 Å². The number of ether oxygens (including phenoxy) is 4. The predicted molar refractivity (Wildman–Crippen MR) is 163 cm³/mol. The highest BCUT2D eigenvalue weighted by molar-refractivity contribution is 7.17. The molecular weight excluding hydrogens is 576 g/mol. The fourth-order valence-electron chi connectivity index (χ4n) is 3.93. The molecule has 0 aliphatic rings. The quantitative estimate of drug-likeness (QED) is 0.125. The van der Waals surface area contributed by atoms with Crippen molar-refractivity contribution >= 4 is 38.0 Å². The van der Waals surface area contributed by atoms with Crippen LogP contribution in [0.15, 0.2) is 12.1 Å². The first kappa shape index (κ1) is 37.0. The molecule has 11 heteroatoms. The number of amides is 1. The Balaban J connectivity index is 3.53. The SMILES string of the molecule is CCCCCOc1c(Cl)cc(CC[C@@](C)(NC(=O)OC(C)(C)C)C(O[PH2]=O)(OC(C)(C)C)OC(C)(C)C)cc1Cl. The van der Waals surface area contributed by atoms with E-state index in [2.05, 4.69) is 12.2 Å². The number of benzene rings is 1. The molecule has 0 spiro atoms. The molecule has 2 atom stereocenters. The highest BCUT2D eigenvalue weighted by Crippen LogP contribution is 2.43. The third kappa shape index (κ3) is 12.5. The lowest BCUT2D eigenvalue weighted by Crippen LogP contribution is -2.69. The molecule has 1 rings (SSSR count). The number of aryl methyl sites for hydroxylation is 1. The summed E-state index contributed by atoms with van der Waals surface area (Å²) in [5, 5.41) is 3.70. The maximum Gasteiger partial charge on any atom is 0.408 e. The molecule has 1 N–H and O–H groups in total. The molecule has 1 aromatic rings. The lowest BCUT2D eigenvalue weighted by atomic mass is 9.89. The minimum Gasteiger partial charge on any atom is -0.490 e. The van der Waals surface area contributed by atoms with E-state index in [1.54, 1.807) is 39.8 Å². The van der Waals surface area contributed by atoms with E-state index in [-0.39, 0.29) is 6.42 Å². The van der Waals surface area contributed by atoms with Gasteiger partial charge in [0.2, 0.25) is 0 Å². The van der Waals surface area contributed by atoms with Crippen molar-refractivity contribution in [3.8, 4) is 5.75 Å². The Morgan fingerprint density at radius 1 is 0.875 bits per heavy atom. The van der Waals surface area contributed by atoms with Crippen molar-refractivity contribution in [2.75, 3.05) is 6.61 Å². The summed E-state index contributed by atoms with van der Waals surface area (Å²) in [6.45, 7) is 20.6. The summed E-state index contributed by atoms with van der Waals surface area (Å²) in [6, 6.07) is 3.57. The van der Waals surface area contributed by atoms with Gasteiger partial charge in [-0.3, -0.25) is 9.09 Å². The lowest BCUT2D eigenvalue weighted by molar-refractivity contribution is -0.423. The monoisotopic (exact) mass is 625 g/mol. The number of carbonyl (C=O) groups is 1. The molecule has 0 saturated heterocycles. The highest BCUT2D eigenvalue weighted by atomic mass is 35.5. The number of nitrogens with one attached hydrogen (secondary N) is 1. The number of hydrogen-bond donors (Lipinski definition) is 1. The third-order valence-corrected chi connectivity index (χ3v) is 6.47. The van der Waals surface area contributed by atoms with Crippen molar-refractivity contribution in [2.24, 2.45) is 0 Å². The fourth-order valence-corrected chi connectivity index (χ4v) is 5.05. The standard InChI is InChI=1S/C29H50Cl2NO7P/c1-12-13-14-17-35-23-21(30)18-20(19-22(23)31)15-16-28(11,32-24(33)36-25(2,3)4)29(39-40-34,37-26(5,6)7)38-27(8,9)10/h18-19H,12-17,40H2,1-11H3,(H,32,33)/t28-/m1/s1. The molecule has 0 fully saturated rings. The van der Waals surface area contributed by atoms with E-state index in [9.17, 15) is 9.36 Å². The number of hydrogen-bond acceptors (Lipinski definition) is 7. The van der Waals surface area contributed by atoms with E-state index < -0.39 is 43.1 Å².